The summed E-state index contributed by atoms with van der Waals surface area (Å²) in [6.07, 6.45) is 3.01. The number of anilines is 2. The van der Waals surface area contributed by atoms with Crippen molar-refractivity contribution < 1.29 is 14.3 Å². The fourth-order valence-electron chi connectivity index (χ4n) is 2.74. The number of hydrogen-bond donors (Lipinski definition) is 2. The molecule has 29 heavy (non-hydrogen) atoms. The number of ether oxygens (including phenoxy) is 2. The van der Waals surface area contributed by atoms with E-state index < -0.39 is 0 Å². The van der Waals surface area contributed by atoms with Gasteiger partial charge >= 0.3 is 0 Å². The van der Waals surface area contributed by atoms with E-state index in [-0.39, 0.29) is 5.91 Å². The van der Waals surface area contributed by atoms with Crippen LogP contribution in [0.3, 0.4) is 0 Å². The van der Waals surface area contributed by atoms with E-state index in [4.69, 9.17) is 9.47 Å². The lowest BCUT2D eigenvalue weighted by molar-refractivity contribution is 0.102. The van der Waals surface area contributed by atoms with Crippen LogP contribution in [0.5, 0.6) is 11.5 Å². The molecule has 1 amide bonds. The molecule has 2 aromatic carbocycles. The molecule has 7 nitrogen and oxygen atoms in total. The number of methoxy groups -OCH3 is 1. The summed E-state index contributed by atoms with van der Waals surface area (Å²) in [5.41, 5.74) is 3.23. The standard InChI is InChI=1S/C22H24N4O3/c1-15-5-4-6-16(2)20(15)26-21(27)17-13-24-22(25-14-17)23-11-12-29-19-9-7-18(28-3)8-10-19/h4-10,13-14H,11-12H2,1-3H3,(H,26,27)(H,23,24,25). The minimum Gasteiger partial charge on any atom is -0.497 e. The predicted molar refractivity (Wildman–Crippen MR) is 113 cm³/mol. The zero-order valence-electron chi connectivity index (χ0n) is 16.7. The third kappa shape index (κ3) is 5.44. The number of para-hydroxylation sites is 1. The molecule has 0 aliphatic heterocycles. The first-order valence-corrected chi connectivity index (χ1v) is 9.27. The topological polar surface area (TPSA) is 85.4 Å². The second kappa shape index (κ2) is 9.54. The molecule has 0 atom stereocenters. The average Bonchev–Trinajstić information content (AvgIpc) is 2.74. The quantitative estimate of drug-likeness (QED) is 0.567. The number of aromatic nitrogens is 2. The number of rotatable bonds is 8. The van der Waals surface area contributed by atoms with E-state index in [0.29, 0.717) is 24.7 Å². The Morgan fingerprint density at radius 3 is 2.21 bits per heavy atom. The van der Waals surface area contributed by atoms with Crippen molar-refractivity contribution in [3.8, 4) is 11.5 Å². The van der Waals surface area contributed by atoms with Gasteiger partial charge < -0.3 is 20.1 Å². The third-order valence-electron chi connectivity index (χ3n) is 4.35. The number of amides is 1. The van der Waals surface area contributed by atoms with E-state index in [1.807, 2.05) is 56.3 Å². The summed E-state index contributed by atoms with van der Waals surface area (Å²) in [6.45, 7) is 4.89. The molecule has 1 heterocycles. The van der Waals surface area contributed by atoms with Gasteiger partial charge in [-0.1, -0.05) is 18.2 Å². The first kappa shape index (κ1) is 20.1. The first-order valence-electron chi connectivity index (χ1n) is 9.27. The van der Waals surface area contributed by atoms with Crippen LogP contribution < -0.4 is 20.1 Å². The van der Waals surface area contributed by atoms with Gasteiger partial charge in [-0.25, -0.2) is 9.97 Å². The molecule has 3 aromatic rings. The van der Waals surface area contributed by atoms with Gasteiger partial charge in [0.25, 0.3) is 5.91 Å². The highest BCUT2D eigenvalue weighted by Gasteiger charge is 2.10. The van der Waals surface area contributed by atoms with Crippen LogP contribution in [0.2, 0.25) is 0 Å². The number of aryl methyl sites for hydroxylation is 2. The fraction of sp³-hybridized carbons (Fsp3) is 0.227. The van der Waals surface area contributed by atoms with Gasteiger partial charge in [-0.3, -0.25) is 4.79 Å². The second-order valence-electron chi connectivity index (χ2n) is 6.47. The average molecular weight is 392 g/mol. The van der Waals surface area contributed by atoms with Gasteiger partial charge in [0.2, 0.25) is 5.95 Å². The Bertz CT molecular complexity index is 937. The van der Waals surface area contributed by atoms with Crippen molar-refractivity contribution in [3.63, 3.8) is 0 Å². The normalized spacial score (nSPS) is 10.3. The van der Waals surface area contributed by atoms with Crippen molar-refractivity contribution in [2.75, 3.05) is 30.9 Å². The Hall–Kier alpha value is -3.61. The highest BCUT2D eigenvalue weighted by atomic mass is 16.5. The summed E-state index contributed by atoms with van der Waals surface area (Å²) in [4.78, 5) is 20.8. The minimum absolute atomic E-state index is 0.239. The van der Waals surface area contributed by atoms with E-state index in [0.717, 1.165) is 28.3 Å². The number of carbonyl (C=O) groups is 1. The van der Waals surface area contributed by atoms with Crippen molar-refractivity contribution in [2.45, 2.75) is 13.8 Å². The van der Waals surface area contributed by atoms with Gasteiger partial charge in [-0.15, -0.1) is 0 Å². The number of nitrogens with zero attached hydrogens (tertiary/aromatic N) is 2. The SMILES string of the molecule is COc1ccc(OCCNc2ncc(C(=O)Nc3c(C)cccc3C)cn2)cc1. The van der Waals surface area contributed by atoms with Gasteiger partial charge in [-0.2, -0.15) is 0 Å². The Kier molecular flexibility index (Phi) is 6.63. The summed E-state index contributed by atoms with van der Waals surface area (Å²) in [7, 11) is 1.62. The van der Waals surface area contributed by atoms with Crippen molar-refractivity contribution in [2.24, 2.45) is 0 Å². The number of hydrogen-bond acceptors (Lipinski definition) is 6. The molecule has 3 rings (SSSR count). The second-order valence-corrected chi connectivity index (χ2v) is 6.47. The highest BCUT2D eigenvalue weighted by Crippen LogP contribution is 2.20. The van der Waals surface area contributed by atoms with Gasteiger partial charge in [0.05, 0.1) is 19.2 Å². The van der Waals surface area contributed by atoms with Crippen LogP contribution in [0.1, 0.15) is 21.5 Å². The smallest absolute Gasteiger partial charge is 0.258 e. The summed E-state index contributed by atoms with van der Waals surface area (Å²) < 4.78 is 10.8. The Balaban J connectivity index is 1.48. The van der Waals surface area contributed by atoms with Gasteiger partial charge in [-0.05, 0) is 49.2 Å². The molecule has 150 valence electrons. The molecule has 0 fully saturated rings. The fourth-order valence-corrected chi connectivity index (χ4v) is 2.74. The summed E-state index contributed by atoms with van der Waals surface area (Å²) >= 11 is 0. The lowest BCUT2D eigenvalue weighted by Crippen LogP contribution is -2.16. The van der Waals surface area contributed by atoms with Crippen LogP contribution in [0.4, 0.5) is 11.6 Å². The van der Waals surface area contributed by atoms with E-state index in [9.17, 15) is 4.79 Å². The number of benzene rings is 2. The lowest BCUT2D eigenvalue weighted by atomic mass is 10.1. The Labute approximate surface area is 170 Å². The number of nitrogens with one attached hydrogen (secondary N) is 2. The molecule has 0 unspecified atom stereocenters. The highest BCUT2D eigenvalue weighted by molar-refractivity contribution is 6.04. The molecule has 0 aliphatic rings. The molecule has 2 N–H and O–H groups in total. The van der Waals surface area contributed by atoms with E-state index in [1.54, 1.807) is 7.11 Å². The zero-order chi connectivity index (χ0) is 20.6. The van der Waals surface area contributed by atoms with Gasteiger partial charge in [0, 0.05) is 18.1 Å². The molecule has 0 radical (unpaired) electrons. The molecule has 0 aliphatic carbocycles. The monoisotopic (exact) mass is 392 g/mol. The first-order chi connectivity index (χ1) is 14.1. The maximum Gasteiger partial charge on any atom is 0.258 e. The van der Waals surface area contributed by atoms with Crippen LogP contribution in [0.15, 0.2) is 54.9 Å². The molecule has 0 bridgehead atoms. The zero-order valence-corrected chi connectivity index (χ0v) is 16.7. The van der Waals surface area contributed by atoms with Crippen molar-refractivity contribution in [1.29, 1.82) is 0 Å². The Morgan fingerprint density at radius 1 is 0.966 bits per heavy atom. The van der Waals surface area contributed by atoms with Gasteiger partial charge in [0.1, 0.15) is 18.1 Å². The van der Waals surface area contributed by atoms with E-state index in [2.05, 4.69) is 20.6 Å². The predicted octanol–water partition coefficient (Wildman–Crippen LogP) is 3.85. The van der Waals surface area contributed by atoms with E-state index in [1.165, 1.54) is 12.4 Å². The van der Waals surface area contributed by atoms with E-state index >= 15 is 0 Å². The van der Waals surface area contributed by atoms with Crippen molar-refractivity contribution in [1.82, 2.24) is 9.97 Å². The number of carbonyl (C=O) groups excluding carboxylic acids is 1. The molecule has 1 aromatic heterocycles. The molecule has 0 saturated heterocycles. The van der Waals surface area contributed by atoms with Crippen LogP contribution in [0, 0.1) is 13.8 Å². The largest absolute Gasteiger partial charge is 0.497 e. The van der Waals surface area contributed by atoms with Crippen LogP contribution in [0.25, 0.3) is 0 Å². The van der Waals surface area contributed by atoms with Crippen LogP contribution in [-0.2, 0) is 0 Å². The van der Waals surface area contributed by atoms with Crippen molar-refractivity contribution in [3.05, 3.63) is 71.5 Å². The van der Waals surface area contributed by atoms with Crippen molar-refractivity contribution >= 4 is 17.5 Å². The van der Waals surface area contributed by atoms with Crippen LogP contribution >= 0.6 is 0 Å². The summed E-state index contributed by atoms with van der Waals surface area (Å²) in [5, 5.41) is 5.99. The summed E-state index contributed by atoms with van der Waals surface area (Å²) in [6, 6.07) is 13.3. The molecule has 0 saturated carbocycles. The minimum atomic E-state index is -0.239. The maximum absolute atomic E-state index is 12.5. The molecular weight excluding hydrogens is 368 g/mol. The Morgan fingerprint density at radius 2 is 1.59 bits per heavy atom. The van der Waals surface area contributed by atoms with Crippen LogP contribution in [-0.4, -0.2) is 36.1 Å². The summed E-state index contributed by atoms with van der Waals surface area (Å²) in [5.74, 6) is 1.74. The molecular formula is C22H24N4O3. The molecule has 0 spiro atoms. The van der Waals surface area contributed by atoms with Gasteiger partial charge in [0.15, 0.2) is 0 Å². The maximum atomic E-state index is 12.5. The lowest BCUT2D eigenvalue weighted by Gasteiger charge is -2.11. The third-order valence-corrected chi connectivity index (χ3v) is 4.35. The molecule has 7 heteroatoms.